The van der Waals surface area contributed by atoms with Gasteiger partial charge in [0.25, 0.3) is 5.91 Å². The van der Waals surface area contributed by atoms with E-state index in [4.69, 9.17) is 0 Å². The highest BCUT2D eigenvalue weighted by Crippen LogP contribution is 2.29. The molecule has 0 saturated heterocycles. The molecule has 0 spiro atoms. The highest BCUT2D eigenvalue weighted by Gasteiger charge is 2.36. The molecule has 2 rings (SSSR count). The maximum Gasteiger partial charge on any atom is 0.457 e. The Hall–Kier alpha value is -1.95. The number of rotatable bonds is 2. The number of carbonyl (C=O) groups excluding carboxylic acids is 1. The predicted molar refractivity (Wildman–Crippen MR) is 76.1 cm³/mol. The third-order valence-corrected chi connectivity index (χ3v) is 4.16. The first-order valence-electron chi connectivity index (χ1n) is 6.07. The Labute approximate surface area is 122 Å². The van der Waals surface area contributed by atoms with Gasteiger partial charge in [-0.15, -0.1) is 0 Å². The zero-order valence-electron chi connectivity index (χ0n) is 11.1. The van der Waals surface area contributed by atoms with E-state index in [2.05, 4.69) is 4.36 Å². The fraction of sp³-hybridized carbons (Fsp3) is 0.133. The molecule has 6 heteroatoms. The van der Waals surface area contributed by atoms with Crippen molar-refractivity contribution in [2.24, 2.45) is 4.36 Å². The predicted octanol–water partition coefficient (Wildman–Crippen LogP) is 4.52. The lowest BCUT2D eigenvalue weighted by Gasteiger charge is -2.12. The molecule has 21 heavy (non-hydrogen) atoms. The van der Waals surface area contributed by atoms with Crippen molar-refractivity contribution in [3.8, 4) is 0 Å². The summed E-state index contributed by atoms with van der Waals surface area (Å²) in [5.74, 6) is -0.864. The number of carbonyl (C=O) groups is 1. The quantitative estimate of drug-likeness (QED) is 0.802. The smallest absolute Gasteiger partial charge is 0.266 e. The van der Waals surface area contributed by atoms with Crippen molar-refractivity contribution in [2.45, 2.75) is 17.3 Å². The zero-order valence-corrected chi connectivity index (χ0v) is 11.9. The van der Waals surface area contributed by atoms with E-state index < -0.39 is 22.1 Å². The van der Waals surface area contributed by atoms with Crippen molar-refractivity contribution in [3.05, 3.63) is 65.7 Å². The van der Waals surface area contributed by atoms with Crippen molar-refractivity contribution in [3.63, 3.8) is 0 Å². The minimum absolute atomic E-state index is 0.0163. The summed E-state index contributed by atoms with van der Waals surface area (Å²) in [7, 11) is -2.47. The van der Waals surface area contributed by atoms with Crippen LogP contribution in [0.1, 0.15) is 15.9 Å². The minimum atomic E-state index is -4.58. The molecule has 0 heterocycles. The second-order valence-electron chi connectivity index (χ2n) is 4.31. The summed E-state index contributed by atoms with van der Waals surface area (Å²) in [5, 5.41) is 0. The number of halogens is 3. The van der Waals surface area contributed by atoms with Crippen molar-refractivity contribution < 1.29 is 18.0 Å². The zero-order chi connectivity index (χ0) is 15.5. The molecule has 0 radical (unpaired) electrons. The van der Waals surface area contributed by atoms with E-state index in [-0.39, 0.29) is 10.5 Å². The Balaban J connectivity index is 2.44. The summed E-state index contributed by atoms with van der Waals surface area (Å²) in [5.41, 5.74) is -3.59. The van der Waals surface area contributed by atoms with Crippen LogP contribution in [-0.4, -0.2) is 11.4 Å². The highest BCUT2D eigenvalue weighted by molar-refractivity contribution is 7.88. The summed E-state index contributed by atoms with van der Waals surface area (Å²) in [6.07, 6.45) is 0. The molecule has 1 atom stereocenters. The standard InChI is InChI=1S/C15H12F3NOS/c1-11-7-9-13(10-8-11)21(15(16,17)18)19-14(20)12-5-3-2-4-6-12/h2-10H,1H3. The molecule has 1 unspecified atom stereocenters. The second kappa shape index (κ2) is 6.22. The molecule has 0 aliphatic heterocycles. The third-order valence-electron chi connectivity index (χ3n) is 2.66. The van der Waals surface area contributed by atoms with Crippen LogP contribution in [0.25, 0.3) is 0 Å². The number of hydrogen-bond acceptors (Lipinski definition) is 1. The molecule has 0 aromatic heterocycles. The molecule has 0 N–H and O–H groups in total. The second-order valence-corrected chi connectivity index (χ2v) is 5.99. The summed E-state index contributed by atoms with van der Waals surface area (Å²) in [4.78, 5) is 11.9. The maximum absolute atomic E-state index is 13.1. The molecule has 2 aromatic rings. The van der Waals surface area contributed by atoms with Gasteiger partial charge in [0.1, 0.15) is 0 Å². The van der Waals surface area contributed by atoms with Gasteiger partial charge in [-0.1, -0.05) is 35.9 Å². The average Bonchev–Trinajstić information content (AvgIpc) is 2.45. The van der Waals surface area contributed by atoms with Crippen LogP contribution in [0.3, 0.4) is 0 Å². The fourth-order valence-corrected chi connectivity index (χ4v) is 2.76. The molecule has 1 amide bonds. The van der Waals surface area contributed by atoms with Gasteiger partial charge in [0.15, 0.2) is 0 Å². The summed E-state index contributed by atoms with van der Waals surface area (Å²) in [6, 6.07) is 13.6. The van der Waals surface area contributed by atoms with E-state index >= 15 is 0 Å². The van der Waals surface area contributed by atoms with Crippen LogP contribution >= 0.6 is 0 Å². The van der Waals surface area contributed by atoms with Crippen LogP contribution in [-0.2, 0) is 10.7 Å². The lowest BCUT2D eigenvalue weighted by Crippen LogP contribution is -2.18. The molecule has 0 aliphatic carbocycles. The molecule has 0 saturated carbocycles. The Kier molecular flexibility index (Phi) is 4.57. The monoisotopic (exact) mass is 311 g/mol. The Morgan fingerprint density at radius 3 is 2.10 bits per heavy atom. The molecule has 2 nitrogen and oxygen atoms in total. The van der Waals surface area contributed by atoms with Gasteiger partial charge >= 0.3 is 5.51 Å². The number of alkyl halides is 3. The molecular formula is C15H12F3NOS. The van der Waals surface area contributed by atoms with Crippen molar-refractivity contribution in [1.29, 1.82) is 0 Å². The third kappa shape index (κ3) is 4.01. The van der Waals surface area contributed by atoms with Crippen LogP contribution < -0.4 is 0 Å². The van der Waals surface area contributed by atoms with Crippen LogP contribution in [0.4, 0.5) is 13.2 Å². The first-order valence-corrected chi connectivity index (χ1v) is 7.25. The van der Waals surface area contributed by atoms with Crippen LogP contribution in [0.5, 0.6) is 0 Å². The first kappa shape index (κ1) is 15.4. The summed E-state index contributed by atoms with van der Waals surface area (Å²) >= 11 is 0. The van der Waals surface area contributed by atoms with E-state index in [1.54, 1.807) is 37.3 Å². The largest absolute Gasteiger partial charge is 0.457 e. The van der Waals surface area contributed by atoms with Crippen molar-refractivity contribution in [1.82, 2.24) is 0 Å². The fourth-order valence-electron chi connectivity index (χ4n) is 1.62. The Morgan fingerprint density at radius 1 is 1.00 bits per heavy atom. The normalized spacial score (nSPS) is 13.1. The summed E-state index contributed by atoms with van der Waals surface area (Å²) < 4.78 is 42.8. The molecule has 2 aromatic carbocycles. The van der Waals surface area contributed by atoms with Crippen LogP contribution in [0.2, 0.25) is 0 Å². The van der Waals surface area contributed by atoms with E-state index in [0.29, 0.717) is 0 Å². The molecular weight excluding hydrogens is 299 g/mol. The number of hydrogen-bond donors (Lipinski definition) is 0. The van der Waals surface area contributed by atoms with E-state index in [0.717, 1.165) is 5.56 Å². The van der Waals surface area contributed by atoms with E-state index in [1.165, 1.54) is 24.3 Å². The van der Waals surface area contributed by atoms with Gasteiger partial charge < -0.3 is 0 Å². The lowest BCUT2D eigenvalue weighted by atomic mass is 10.2. The molecule has 0 aliphatic rings. The van der Waals surface area contributed by atoms with Gasteiger partial charge in [0, 0.05) is 21.2 Å². The molecule has 0 bridgehead atoms. The van der Waals surface area contributed by atoms with Crippen molar-refractivity contribution >= 4 is 16.6 Å². The number of aryl methyl sites for hydroxylation is 1. The average molecular weight is 311 g/mol. The van der Waals surface area contributed by atoms with Gasteiger partial charge in [0.2, 0.25) is 0 Å². The number of nitrogens with zero attached hydrogens (tertiary/aromatic N) is 1. The Bertz CT molecular complexity index is 664. The van der Waals surface area contributed by atoms with Gasteiger partial charge in [-0.05, 0) is 31.2 Å². The topological polar surface area (TPSA) is 29.4 Å². The van der Waals surface area contributed by atoms with Crippen LogP contribution in [0, 0.1) is 6.92 Å². The highest BCUT2D eigenvalue weighted by atomic mass is 32.2. The SMILES string of the molecule is Cc1ccc(S(=NC(=O)c2ccccc2)C(F)(F)F)cc1. The number of benzene rings is 2. The van der Waals surface area contributed by atoms with E-state index in [9.17, 15) is 18.0 Å². The van der Waals surface area contributed by atoms with Crippen molar-refractivity contribution in [2.75, 3.05) is 0 Å². The van der Waals surface area contributed by atoms with Gasteiger partial charge in [-0.3, -0.25) is 4.79 Å². The summed E-state index contributed by atoms with van der Waals surface area (Å²) in [6.45, 7) is 1.78. The van der Waals surface area contributed by atoms with Gasteiger partial charge in [-0.2, -0.15) is 17.5 Å². The first-order chi connectivity index (χ1) is 9.88. The molecule has 110 valence electrons. The maximum atomic E-state index is 13.1. The molecule has 0 fully saturated rings. The van der Waals surface area contributed by atoms with Gasteiger partial charge in [-0.25, -0.2) is 0 Å². The van der Waals surface area contributed by atoms with E-state index in [1.807, 2.05) is 0 Å². The minimum Gasteiger partial charge on any atom is -0.266 e. The number of amides is 1. The Morgan fingerprint density at radius 2 is 1.57 bits per heavy atom. The lowest BCUT2D eigenvalue weighted by molar-refractivity contribution is -0.0357. The van der Waals surface area contributed by atoms with Gasteiger partial charge in [0.05, 0.1) is 0 Å². The van der Waals surface area contributed by atoms with Crippen LogP contribution in [0.15, 0.2) is 63.9 Å².